The molecule has 5 heteroatoms. The molecule has 1 aliphatic carbocycles. The number of aromatic carboxylic acids is 1. The van der Waals surface area contributed by atoms with Crippen molar-refractivity contribution in [2.75, 3.05) is 0 Å². The molecule has 1 aliphatic rings. The Kier molecular flexibility index (Phi) is 4.16. The van der Waals surface area contributed by atoms with Crippen molar-refractivity contribution < 1.29 is 24.6 Å². The van der Waals surface area contributed by atoms with Gasteiger partial charge in [0.15, 0.2) is 0 Å². The summed E-state index contributed by atoms with van der Waals surface area (Å²) in [6, 6.07) is 12.7. The van der Waals surface area contributed by atoms with Crippen molar-refractivity contribution in [3.63, 3.8) is 0 Å². The quantitative estimate of drug-likeness (QED) is 0.629. The molecular formula is C19H16O5. The van der Waals surface area contributed by atoms with Crippen LogP contribution in [-0.4, -0.2) is 28.4 Å². The van der Waals surface area contributed by atoms with Crippen molar-refractivity contribution in [3.05, 3.63) is 59.2 Å². The average Bonchev–Trinajstić information content (AvgIpc) is 2.89. The third kappa shape index (κ3) is 2.58. The van der Waals surface area contributed by atoms with E-state index in [0.29, 0.717) is 18.3 Å². The Labute approximate surface area is 138 Å². The van der Waals surface area contributed by atoms with Gasteiger partial charge in [-0.25, -0.2) is 4.79 Å². The van der Waals surface area contributed by atoms with Crippen LogP contribution in [0.2, 0.25) is 0 Å². The van der Waals surface area contributed by atoms with Gasteiger partial charge in [-0.3, -0.25) is 4.79 Å². The molecular weight excluding hydrogens is 308 g/mol. The molecule has 0 saturated carbocycles. The molecule has 0 aliphatic heterocycles. The largest absolute Gasteiger partial charge is 0.481 e. The fraction of sp³-hybridized carbons (Fsp3) is 0.211. The average molecular weight is 324 g/mol. The lowest BCUT2D eigenvalue weighted by atomic mass is 9.89. The van der Waals surface area contributed by atoms with Gasteiger partial charge in [0.1, 0.15) is 12.2 Å². The van der Waals surface area contributed by atoms with Gasteiger partial charge in [0.05, 0.1) is 5.56 Å². The molecule has 2 N–H and O–H groups in total. The molecule has 0 spiro atoms. The molecule has 3 rings (SSSR count). The minimum Gasteiger partial charge on any atom is -0.481 e. The number of carbonyl (C=O) groups excluding carboxylic acids is 1. The summed E-state index contributed by atoms with van der Waals surface area (Å²) >= 11 is 0. The van der Waals surface area contributed by atoms with Crippen LogP contribution in [0.3, 0.4) is 0 Å². The molecule has 0 saturated heterocycles. The maximum atomic E-state index is 11.6. The number of rotatable bonds is 6. The van der Waals surface area contributed by atoms with Gasteiger partial charge >= 0.3 is 11.9 Å². The first-order valence-corrected chi connectivity index (χ1v) is 7.68. The second-order valence-electron chi connectivity index (χ2n) is 5.87. The third-order valence-electron chi connectivity index (χ3n) is 4.56. The van der Waals surface area contributed by atoms with Gasteiger partial charge in [-0.05, 0) is 35.6 Å². The summed E-state index contributed by atoms with van der Waals surface area (Å²) in [4.78, 5) is 33.5. The highest BCUT2D eigenvalue weighted by Gasteiger charge is 2.32. The summed E-state index contributed by atoms with van der Waals surface area (Å²) in [5.41, 5.74) is 3.67. The predicted octanol–water partition coefficient (Wildman–Crippen LogP) is 3.18. The van der Waals surface area contributed by atoms with E-state index < -0.39 is 17.9 Å². The Balaban J connectivity index is 2.04. The fourth-order valence-corrected chi connectivity index (χ4v) is 3.44. The summed E-state index contributed by atoms with van der Waals surface area (Å²) < 4.78 is 0. The van der Waals surface area contributed by atoms with E-state index in [1.165, 1.54) is 0 Å². The SMILES string of the molecule is O=CC(CCC1c2ccccc2-c2c(C(=O)O)cccc21)C(=O)O. The van der Waals surface area contributed by atoms with Crippen LogP contribution in [0.4, 0.5) is 0 Å². The van der Waals surface area contributed by atoms with Crippen LogP contribution in [0.25, 0.3) is 11.1 Å². The van der Waals surface area contributed by atoms with Crippen molar-refractivity contribution in [1.82, 2.24) is 0 Å². The number of hydrogen-bond acceptors (Lipinski definition) is 3. The lowest BCUT2D eigenvalue weighted by Crippen LogP contribution is -2.16. The monoisotopic (exact) mass is 324 g/mol. The molecule has 5 nitrogen and oxygen atoms in total. The van der Waals surface area contributed by atoms with Gasteiger partial charge in [0.2, 0.25) is 0 Å². The number of aliphatic carboxylic acids is 1. The van der Waals surface area contributed by atoms with Crippen LogP contribution in [0.15, 0.2) is 42.5 Å². The van der Waals surface area contributed by atoms with Crippen LogP contribution in [0.1, 0.15) is 40.2 Å². The van der Waals surface area contributed by atoms with Gasteiger partial charge in [-0.1, -0.05) is 36.4 Å². The van der Waals surface area contributed by atoms with Crippen molar-refractivity contribution in [2.45, 2.75) is 18.8 Å². The maximum Gasteiger partial charge on any atom is 0.336 e. The van der Waals surface area contributed by atoms with E-state index in [0.717, 1.165) is 16.7 Å². The normalized spacial score (nSPS) is 16.1. The molecule has 2 aromatic carbocycles. The van der Waals surface area contributed by atoms with E-state index in [4.69, 9.17) is 5.11 Å². The van der Waals surface area contributed by atoms with Crippen LogP contribution in [-0.2, 0) is 9.59 Å². The second kappa shape index (κ2) is 6.28. The molecule has 0 radical (unpaired) electrons. The molecule has 2 aromatic rings. The molecule has 0 aromatic heterocycles. The smallest absolute Gasteiger partial charge is 0.336 e. The molecule has 0 bridgehead atoms. The van der Waals surface area contributed by atoms with Crippen LogP contribution < -0.4 is 0 Å². The highest BCUT2D eigenvalue weighted by molar-refractivity contribution is 5.99. The predicted molar refractivity (Wildman–Crippen MR) is 87.1 cm³/mol. The van der Waals surface area contributed by atoms with Crippen molar-refractivity contribution >= 4 is 18.2 Å². The van der Waals surface area contributed by atoms with E-state index in [9.17, 15) is 19.5 Å². The van der Waals surface area contributed by atoms with Crippen molar-refractivity contribution in [1.29, 1.82) is 0 Å². The summed E-state index contributed by atoms with van der Waals surface area (Å²) in [5.74, 6) is -3.25. The van der Waals surface area contributed by atoms with Crippen molar-refractivity contribution in [3.8, 4) is 11.1 Å². The molecule has 2 unspecified atom stereocenters. The lowest BCUT2D eigenvalue weighted by Gasteiger charge is -2.15. The first-order valence-electron chi connectivity index (χ1n) is 7.68. The van der Waals surface area contributed by atoms with Gasteiger partial charge in [0.25, 0.3) is 0 Å². The first-order chi connectivity index (χ1) is 11.5. The molecule has 122 valence electrons. The Morgan fingerprint density at radius 1 is 1.04 bits per heavy atom. The van der Waals surface area contributed by atoms with E-state index >= 15 is 0 Å². The molecule has 24 heavy (non-hydrogen) atoms. The first kappa shape index (κ1) is 15.9. The van der Waals surface area contributed by atoms with E-state index in [1.54, 1.807) is 12.1 Å². The van der Waals surface area contributed by atoms with E-state index in [2.05, 4.69) is 0 Å². The van der Waals surface area contributed by atoms with Crippen molar-refractivity contribution in [2.24, 2.45) is 5.92 Å². The number of hydrogen-bond donors (Lipinski definition) is 2. The topological polar surface area (TPSA) is 91.7 Å². The Hall–Kier alpha value is -2.95. The number of aldehydes is 1. The standard InChI is InChI=1S/C19H16O5/c20-10-11(18(21)22)8-9-13-12-4-1-2-5-14(12)17-15(13)6-3-7-16(17)19(23)24/h1-7,10-11,13H,8-9H2,(H,21,22)(H,23,24). The summed E-state index contributed by atoms with van der Waals surface area (Å²) in [5, 5.41) is 18.5. The van der Waals surface area contributed by atoms with E-state index in [-0.39, 0.29) is 17.9 Å². The van der Waals surface area contributed by atoms with E-state index in [1.807, 2.05) is 30.3 Å². The number of fused-ring (bicyclic) bond motifs is 3. The molecule has 0 amide bonds. The summed E-state index contributed by atoms with van der Waals surface area (Å²) in [6.45, 7) is 0. The number of carbonyl (C=O) groups is 3. The zero-order valence-electron chi connectivity index (χ0n) is 12.8. The highest BCUT2D eigenvalue weighted by atomic mass is 16.4. The maximum absolute atomic E-state index is 11.6. The number of carboxylic acids is 2. The minimum atomic E-state index is -1.13. The zero-order valence-corrected chi connectivity index (χ0v) is 12.8. The Morgan fingerprint density at radius 2 is 1.75 bits per heavy atom. The molecule has 0 fully saturated rings. The Morgan fingerprint density at radius 3 is 2.42 bits per heavy atom. The van der Waals surface area contributed by atoms with Crippen LogP contribution in [0.5, 0.6) is 0 Å². The molecule has 2 atom stereocenters. The van der Waals surface area contributed by atoms with Gasteiger partial charge in [-0.15, -0.1) is 0 Å². The lowest BCUT2D eigenvalue weighted by molar-refractivity contribution is -0.143. The van der Waals surface area contributed by atoms with Gasteiger partial charge in [-0.2, -0.15) is 0 Å². The second-order valence-corrected chi connectivity index (χ2v) is 5.87. The summed E-state index contributed by atoms with van der Waals surface area (Å²) in [7, 11) is 0. The molecule has 0 heterocycles. The minimum absolute atomic E-state index is 0.0997. The van der Waals surface area contributed by atoms with Gasteiger partial charge in [0, 0.05) is 11.5 Å². The number of benzene rings is 2. The van der Waals surface area contributed by atoms with Gasteiger partial charge < -0.3 is 15.0 Å². The summed E-state index contributed by atoms with van der Waals surface area (Å²) in [6.07, 6.45) is 1.15. The zero-order chi connectivity index (χ0) is 17.3. The Bertz CT molecular complexity index is 824. The third-order valence-corrected chi connectivity index (χ3v) is 4.56. The highest BCUT2D eigenvalue weighted by Crippen LogP contribution is 2.48. The fourth-order valence-electron chi connectivity index (χ4n) is 3.44. The van der Waals surface area contributed by atoms with Crippen LogP contribution in [0, 0.1) is 5.92 Å². The van der Waals surface area contributed by atoms with Crippen LogP contribution >= 0.6 is 0 Å². The number of carboxylic acid groups (broad SMARTS) is 2.